The first-order valence-corrected chi connectivity index (χ1v) is 5.46. The predicted octanol–water partition coefficient (Wildman–Crippen LogP) is 3.40. The number of aromatic nitrogens is 2. The molecule has 0 atom stereocenters. The molecule has 5 heteroatoms. The SMILES string of the molecule is Clc1ccc(CNc2nccnc2Cl)cc1. The van der Waals surface area contributed by atoms with Crippen molar-refractivity contribution in [3.63, 3.8) is 0 Å². The topological polar surface area (TPSA) is 37.8 Å². The van der Waals surface area contributed by atoms with Gasteiger partial charge in [-0.1, -0.05) is 35.3 Å². The zero-order valence-electron chi connectivity index (χ0n) is 8.32. The van der Waals surface area contributed by atoms with Crippen molar-refractivity contribution in [2.75, 3.05) is 5.32 Å². The molecule has 1 aromatic carbocycles. The molecule has 0 saturated carbocycles. The van der Waals surface area contributed by atoms with Gasteiger partial charge in [0.2, 0.25) is 0 Å². The van der Waals surface area contributed by atoms with E-state index >= 15 is 0 Å². The summed E-state index contributed by atoms with van der Waals surface area (Å²) in [6.07, 6.45) is 3.14. The molecule has 3 nitrogen and oxygen atoms in total. The van der Waals surface area contributed by atoms with Crippen LogP contribution in [0.1, 0.15) is 5.56 Å². The maximum atomic E-state index is 5.86. The molecule has 2 aromatic rings. The Labute approximate surface area is 103 Å². The normalized spacial score (nSPS) is 10.1. The van der Waals surface area contributed by atoms with E-state index < -0.39 is 0 Å². The second kappa shape index (κ2) is 5.14. The summed E-state index contributed by atoms with van der Waals surface area (Å²) < 4.78 is 0. The van der Waals surface area contributed by atoms with Crippen molar-refractivity contribution in [3.8, 4) is 0 Å². The number of nitrogens with zero attached hydrogens (tertiary/aromatic N) is 2. The second-order valence-corrected chi connectivity index (χ2v) is 3.97. The largest absolute Gasteiger partial charge is 0.363 e. The molecule has 0 radical (unpaired) electrons. The van der Waals surface area contributed by atoms with Crippen molar-refractivity contribution in [2.45, 2.75) is 6.54 Å². The summed E-state index contributed by atoms with van der Waals surface area (Å²) in [6.45, 7) is 0.635. The summed E-state index contributed by atoms with van der Waals surface area (Å²) in [5, 5.41) is 4.20. The van der Waals surface area contributed by atoms with Gasteiger partial charge in [0.1, 0.15) is 0 Å². The first-order valence-electron chi connectivity index (χ1n) is 4.70. The van der Waals surface area contributed by atoms with Gasteiger partial charge in [-0.15, -0.1) is 0 Å². The summed E-state index contributed by atoms with van der Waals surface area (Å²) in [4.78, 5) is 8.00. The minimum Gasteiger partial charge on any atom is -0.363 e. The smallest absolute Gasteiger partial charge is 0.171 e. The van der Waals surface area contributed by atoms with Gasteiger partial charge in [0, 0.05) is 24.0 Å². The van der Waals surface area contributed by atoms with Gasteiger partial charge in [-0.3, -0.25) is 0 Å². The molecule has 0 aliphatic heterocycles. The lowest BCUT2D eigenvalue weighted by molar-refractivity contribution is 1.09. The number of hydrogen-bond acceptors (Lipinski definition) is 3. The first kappa shape index (κ1) is 11.2. The summed E-state index contributed by atoms with van der Waals surface area (Å²) >= 11 is 11.6. The van der Waals surface area contributed by atoms with Crippen molar-refractivity contribution in [3.05, 3.63) is 52.4 Å². The van der Waals surface area contributed by atoms with Crippen LogP contribution in [0.2, 0.25) is 10.2 Å². The molecule has 0 aliphatic carbocycles. The van der Waals surface area contributed by atoms with E-state index in [1.807, 2.05) is 24.3 Å². The lowest BCUT2D eigenvalue weighted by Crippen LogP contribution is -2.02. The monoisotopic (exact) mass is 253 g/mol. The van der Waals surface area contributed by atoms with Crippen molar-refractivity contribution in [2.24, 2.45) is 0 Å². The van der Waals surface area contributed by atoms with Gasteiger partial charge in [0.25, 0.3) is 0 Å². The van der Waals surface area contributed by atoms with Gasteiger partial charge in [-0.2, -0.15) is 0 Å². The van der Waals surface area contributed by atoms with Crippen LogP contribution in [0.15, 0.2) is 36.7 Å². The highest BCUT2D eigenvalue weighted by Gasteiger charge is 2.00. The van der Waals surface area contributed by atoms with Gasteiger partial charge in [0.05, 0.1) is 0 Å². The average molecular weight is 254 g/mol. The van der Waals surface area contributed by atoms with Crippen molar-refractivity contribution >= 4 is 29.0 Å². The summed E-state index contributed by atoms with van der Waals surface area (Å²) in [7, 11) is 0. The van der Waals surface area contributed by atoms with E-state index in [0.717, 1.165) is 10.6 Å². The van der Waals surface area contributed by atoms with Crippen molar-refractivity contribution in [1.29, 1.82) is 0 Å². The van der Waals surface area contributed by atoms with Crippen LogP contribution in [0.5, 0.6) is 0 Å². The third-order valence-electron chi connectivity index (χ3n) is 2.03. The molecule has 82 valence electrons. The maximum Gasteiger partial charge on any atom is 0.171 e. The molecule has 1 aromatic heterocycles. The number of rotatable bonds is 3. The molecule has 0 amide bonds. The highest BCUT2D eigenvalue weighted by atomic mass is 35.5. The fourth-order valence-corrected chi connectivity index (χ4v) is 1.53. The van der Waals surface area contributed by atoms with Crippen LogP contribution in [0, 0.1) is 0 Å². The van der Waals surface area contributed by atoms with Crippen LogP contribution in [-0.4, -0.2) is 9.97 Å². The van der Waals surface area contributed by atoms with Crippen LogP contribution in [-0.2, 0) is 6.54 Å². The second-order valence-electron chi connectivity index (χ2n) is 3.18. The van der Waals surface area contributed by atoms with E-state index in [2.05, 4.69) is 15.3 Å². The Morgan fingerprint density at radius 1 is 1.00 bits per heavy atom. The van der Waals surface area contributed by atoms with Crippen LogP contribution >= 0.6 is 23.2 Å². The summed E-state index contributed by atoms with van der Waals surface area (Å²) in [6, 6.07) is 7.58. The lowest BCUT2D eigenvalue weighted by Gasteiger charge is -2.06. The highest BCUT2D eigenvalue weighted by Crippen LogP contribution is 2.16. The standard InChI is InChI=1S/C11H9Cl2N3/c12-9-3-1-8(2-4-9)7-16-11-10(13)14-5-6-15-11/h1-6H,7H2,(H,15,16). The van der Waals surface area contributed by atoms with Crippen molar-refractivity contribution in [1.82, 2.24) is 9.97 Å². The molecule has 2 rings (SSSR count). The molecular formula is C11H9Cl2N3. The molecule has 0 aliphatic rings. The number of nitrogens with one attached hydrogen (secondary N) is 1. The zero-order valence-corrected chi connectivity index (χ0v) is 9.83. The Morgan fingerprint density at radius 2 is 1.69 bits per heavy atom. The summed E-state index contributed by atoms with van der Waals surface area (Å²) in [5.41, 5.74) is 1.10. The molecule has 1 heterocycles. The Bertz CT molecular complexity index is 471. The Hall–Kier alpha value is -1.32. The number of halogens is 2. The predicted molar refractivity (Wildman–Crippen MR) is 65.8 cm³/mol. The third kappa shape index (κ3) is 2.84. The third-order valence-corrected chi connectivity index (χ3v) is 2.56. The maximum absolute atomic E-state index is 5.86. The fraction of sp³-hybridized carbons (Fsp3) is 0.0909. The van der Waals surface area contributed by atoms with E-state index in [0.29, 0.717) is 17.5 Å². The zero-order chi connectivity index (χ0) is 11.4. The van der Waals surface area contributed by atoms with E-state index in [-0.39, 0.29) is 0 Å². The fourth-order valence-electron chi connectivity index (χ4n) is 1.23. The van der Waals surface area contributed by atoms with Crippen LogP contribution in [0.3, 0.4) is 0 Å². The van der Waals surface area contributed by atoms with Crippen LogP contribution < -0.4 is 5.32 Å². The number of hydrogen-bond donors (Lipinski definition) is 1. The molecule has 0 saturated heterocycles. The minimum atomic E-state index is 0.372. The Kier molecular flexibility index (Phi) is 3.59. The van der Waals surface area contributed by atoms with Gasteiger partial charge in [-0.05, 0) is 17.7 Å². The number of benzene rings is 1. The van der Waals surface area contributed by atoms with Gasteiger partial charge in [0.15, 0.2) is 11.0 Å². The van der Waals surface area contributed by atoms with Gasteiger partial charge in [-0.25, -0.2) is 9.97 Å². The van der Waals surface area contributed by atoms with E-state index in [9.17, 15) is 0 Å². The highest BCUT2D eigenvalue weighted by molar-refractivity contribution is 6.31. The Balaban J connectivity index is 2.02. The lowest BCUT2D eigenvalue weighted by atomic mass is 10.2. The van der Waals surface area contributed by atoms with E-state index in [1.54, 1.807) is 12.4 Å². The van der Waals surface area contributed by atoms with Gasteiger partial charge >= 0.3 is 0 Å². The van der Waals surface area contributed by atoms with E-state index in [1.165, 1.54) is 0 Å². The first-order chi connectivity index (χ1) is 7.75. The molecule has 16 heavy (non-hydrogen) atoms. The van der Waals surface area contributed by atoms with Gasteiger partial charge < -0.3 is 5.32 Å². The summed E-state index contributed by atoms with van der Waals surface area (Å²) in [5.74, 6) is 0.583. The van der Waals surface area contributed by atoms with Crippen molar-refractivity contribution < 1.29 is 0 Å². The average Bonchev–Trinajstić information content (AvgIpc) is 2.30. The Morgan fingerprint density at radius 3 is 2.38 bits per heavy atom. The molecule has 0 unspecified atom stereocenters. The van der Waals surface area contributed by atoms with Crippen LogP contribution in [0.4, 0.5) is 5.82 Å². The molecular weight excluding hydrogens is 245 g/mol. The number of anilines is 1. The molecule has 0 spiro atoms. The minimum absolute atomic E-state index is 0.372. The quantitative estimate of drug-likeness (QED) is 0.912. The van der Waals surface area contributed by atoms with E-state index in [4.69, 9.17) is 23.2 Å². The molecule has 0 bridgehead atoms. The molecule has 1 N–H and O–H groups in total. The van der Waals surface area contributed by atoms with Crippen LogP contribution in [0.25, 0.3) is 0 Å². The molecule has 0 fully saturated rings.